The number of sulfonamides is 1. The molecule has 0 spiro atoms. The molecule has 5 nitrogen and oxygen atoms in total. The Morgan fingerprint density at radius 3 is 2.61 bits per heavy atom. The summed E-state index contributed by atoms with van der Waals surface area (Å²) in [5.41, 5.74) is 2.11. The first-order chi connectivity index (χ1) is 8.44. The number of nitrogens with one attached hydrogen (secondary N) is 1. The predicted octanol–water partition coefficient (Wildman–Crippen LogP) is 1.61. The van der Waals surface area contributed by atoms with E-state index in [4.69, 9.17) is 0 Å². The molecule has 1 rings (SSSR count). The lowest BCUT2D eigenvalue weighted by molar-refractivity contribution is 0.543. The third-order valence-electron chi connectivity index (χ3n) is 2.74. The molecule has 0 aliphatic heterocycles. The Bertz CT molecular complexity index is 466. The first-order valence-corrected chi connectivity index (χ1v) is 8.08. The molecule has 1 N–H and O–H groups in total. The van der Waals surface area contributed by atoms with E-state index < -0.39 is 10.0 Å². The van der Waals surface area contributed by atoms with E-state index in [-0.39, 0.29) is 5.75 Å². The molecular formula is C12H23N3O2S. The Morgan fingerprint density at radius 1 is 1.33 bits per heavy atom. The second-order valence-corrected chi connectivity index (χ2v) is 6.50. The molecular weight excluding hydrogens is 250 g/mol. The average Bonchev–Trinajstić information content (AvgIpc) is 2.61. The summed E-state index contributed by atoms with van der Waals surface area (Å²) in [6, 6.07) is 2.02. The molecule has 0 saturated carbocycles. The zero-order valence-electron chi connectivity index (χ0n) is 11.4. The second kappa shape index (κ2) is 6.89. The topological polar surface area (TPSA) is 64.0 Å². The molecule has 104 valence electrons. The number of unbranched alkanes of at least 4 members (excludes halogenated alkanes) is 1. The van der Waals surface area contributed by atoms with Gasteiger partial charge in [-0.05, 0) is 32.8 Å². The number of rotatable bonds is 8. The summed E-state index contributed by atoms with van der Waals surface area (Å²) in [7, 11) is -3.08. The third kappa shape index (κ3) is 5.18. The summed E-state index contributed by atoms with van der Waals surface area (Å²) >= 11 is 0. The Balaban J connectivity index is 2.28. The lowest BCUT2D eigenvalue weighted by Crippen LogP contribution is -2.28. The normalized spacial score (nSPS) is 11.9. The molecule has 0 aliphatic rings. The largest absolute Gasteiger partial charge is 0.270 e. The number of nitrogens with zero attached hydrogens (tertiary/aromatic N) is 2. The number of aromatic nitrogens is 2. The van der Waals surface area contributed by atoms with E-state index in [9.17, 15) is 8.42 Å². The van der Waals surface area contributed by atoms with Gasteiger partial charge >= 0.3 is 0 Å². The van der Waals surface area contributed by atoms with Gasteiger partial charge in [0.05, 0.1) is 11.4 Å². The Kier molecular flexibility index (Phi) is 5.81. The lowest BCUT2D eigenvalue weighted by Gasteiger charge is -2.07. The highest BCUT2D eigenvalue weighted by Gasteiger charge is 2.08. The van der Waals surface area contributed by atoms with Crippen molar-refractivity contribution in [1.29, 1.82) is 0 Å². The third-order valence-corrected chi connectivity index (χ3v) is 4.21. The van der Waals surface area contributed by atoms with Crippen LogP contribution in [0.1, 0.15) is 37.6 Å². The fraction of sp³-hybridized carbons (Fsp3) is 0.750. The fourth-order valence-corrected chi connectivity index (χ4v) is 3.03. The molecule has 0 aliphatic carbocycles. The standard InChI is InChI=1S/C12H23N3O2S/c1-4-5-9-18(16,17)13-7-6-8-15-12(3)10-11(2)14-15/h10,13H,4-9H2,1-3H3. The summed E-state index contributed by atoms with van der Waals surface area (Å²) in [4.78, 5) is 0. The summed E-state index contributed by atoms with van der Waals surface area (Å²) in [6.07, 6.45) is 2.37. The van der Waals surface area contributed by atoms with Crippen molar-refractivity contribution in [2.24, 2.45) is 0 Å². The van der Waals surface area contributed by atoms with Crippen molar-refractivity contribution in [1.82, 2.24) is 14.5 Å². The van der Waals surface area contributed by atoms with Crippen LogP contribution in [-0.2, 0) is 16.6 Å². The van der Waals surface area contributed by atoms with Crippen LogP contribution in [0.2, 0.25) is 0 Å². The van der Waals surface area contributed by atoms with Crippen molar-refractivity contribution in [2.75, 3.05) is 12.3 Å². The van der Waals surface area contributed by atoms with Crippen LogP contribution in [0.25, 0.3) is 0 Å². The van der Waals surface area contributed by atoms with Crippen molar-refractivity contribution in [3.05, 3.63) is 17.5 Å². The van der Waals surface area contributed by atoms with Crippen LogP contribution < -0.4 is 4.72 Å². The van der Waals surface area contributed by atoms with Gasteiger partial charge in [0.2, 0.25) is 10.0 Å². The molecule has 0 aromatic carbocycles. The first kappa shape index (κ1) is 15.2. The van der Waals surface area contributed by atoms with Crippen LogP contribution >= 0.6 is 0 Å². The van der Waals surface area contributed by atoms with Crippen molar-refractivity contribution < 1.29 is 8.42 Å². The van der Waals surface area contributed by atoms with Crippen LogP contribution in [0, 0.1) is 13.8 Å². The van der Waals surface area contributed by atoms with Gasteiger partial charge in [-0.15, -0.1) is 0 Å². The van der Waals surface area contributed by atoms with Gasteiger partial charge in [-0.3, -0.25) is 4.68 Å². The summed E-state index contributed by atoms with van der Waals surface area (Å²) in [5.74, 6) is 0.226. The van der Waals surface area contributed by atoms with Crippen molar-refractivity contribution in [3.8, 4) is 0 Å². The molecule has 0 amide bonds. The highest BCUT2D eigenvalue weighted by Crippen LogP contribution is 2.02. The van der Waals surface area contributed by atoms with Gasteiger partial charge in [0.1, 0.15) is 0 Å². The Morgan fingerprint density at radius 2 is 2.06 bits per heavy atom. The SMILES string of the molecule is CCCCS(=O)(=O)NCCCn1nc(C)cc1C. The van der Waals surface area contributed by atoms with Gasteiger partial charge in [0, 0.05) is 18.8 Å². The van der Waals surface area contributed by atoms with Crippen molar-refractivity contribution in [3.63, 3.8) is 0 Å². The highest BCUT2D eigenvalue weighted by molar-refractivity contribution is 7.89. The Labute approximate surface area is 110 Å². The number of hydrogen-bond acceptors (Lipinski definition) is 3. The van der Waals surface area contributed by atoms with E-state index in [1.807, 2.05) is 31.5 Å². The van der Waals surface area contributed by atoms with Crippen LogP contribution in [0.5, 0.6) is 0 Å². The molecule has 0 unspecified atom stereocenters. The maximum atomic E-state index is 11.5. The van der Waals surface area contributed by atoms with Crippen LogP contribution in [-0.4, -0.2) is 30.5 Å². The van der Waals surface area contributed by atoms with E-state index in [0.717, 1.165) is 30.8 Å². The summed E-state index contributed by atoms with van der Waals surface area (Å²) in [6.45, 7) is 7.17. The number of aryl methyl sites for hydroxylation is 3. The van der Waals surface area contributed by atoms with Gasteiger partial charge in [-0.25, -0.2) is 13.1 Å². The van der Waals surface area contributed by atoms with Gasteiger partial charge in [-0.2, -0.15) is 5.10 Å². The molecule has 0 radical (unpaired) electrons. The molecule has 18 heavy (non-hydrogen) atoms. The lowest BCUT2D eigenvalue weighted by atomic mass is 10.4. The van der Waals surface area contributed by atoms with E-state index in [1.165, 1.54) is 0 Å². The van der Waals surface area contributed by atoms with E-state index in [1.54, 1.807) is 0 Å². The first-order valence-electron chi connectivity index (χ1n) is 6.43. The minimum Gasteiger partial charge on any atom is -0.270 e. The molecule has 1 aromatic rings. The molecule has 0 fully saturated rings. The van der Waals surface area contributed by atoms with Crippen molar-refractivity contribution >= 4 is 10.0 Å². The quantitative estimate of drug-likeness (QED) is 0.732. The molecule has 0 atom stereocenters. The summed E-state index contributed by atoms with van der Waals surface area (Å²) < 4.78 is 27.6. The number of hydrogen-bond donors (Lipinski definition) is 1. The van der Waals surface area contributed by atoms with Gasteiger partial charge in [0.15, 0.2) is 0 Å². The molecule has 1 aromatic heterocycles. The molecule has 0 saturated heterocycles. The maximum Gasteiger partial charge on any atom is 0.211 e. The van der Waals surface area contributed by atoms with Gasteiger partial charge < -0.3 is 0 Å². The smallest absolute Gasteiger partial charge is 0.211 e. The summed E-state index contributed by atoms with van der Waals surface area (Å²) in [5, 5.41) is 4.33. The Hall–Kier alpha value is -0.880. The van der Waals surface area contributed by atoms with Crippen LogP contribution in [0.15, 0.2) is 6.07 Å². The van der Waals surface area contributed by atoms with E-state index in [0.29, 0.717) is 13.0 Å². The zero-order valence-corrected chi connectivity index (χ0v) is 12.3. The second-order valence-electron chi connectivity index (χ2n) is 4.57. The zero-order chi connectivity index (χ0) is 13.6. The maximum absolute atomic E-state index is 11.5. The minimum atomic E-state index is -3.08. The van der Waals surface area contributed by atoms with Gasteiger partial charge in [0.25, 0.3) is 0 Å². The van der Waals surface area contributed by atoms with Gasteiger partial charge in [-0.1, -0.05) is 13.3 Å². The molecule has 6 heteroatoms. The monoisotopic (exact) mass is 273 g/mol. The predicted molar refractivity (Wildman–Crippen MR) is 73.0 cm³/mol. The van der Waals surface area contributed by atoms with Crippen molar-refractivity contribution in [2.45, 2.75) is 46.6 Å². The van der Waals surface area contributed by atoms with E-state index in [2.05, 4.69) is 9.82 Å². The van der Waals surface area contributed by atoms with E-state index >= 15 is 0 Å². The molecule has 1 heterocycles. The highest BCUT2D eigenvalue weighted by atomic mass is 32.2. The minimum absolute atomic E-state index is 0.226. The molecule has 0 bridgehead atoms. The average molecular weight is 273 g/mol. The van der Waals surface area contributed by atoms with Crippen LogP contribution in [0.3, 0.4) is 0 Å². The fourth-order valence-electron chi connectivity index (χ4n) is 1.76. The van der Waals surface area contributed by atoms with Crippen LogP contribution in [0.4, 0.5) is 0 Å².